The summed E-state index contributed by atoms with van der Waals surface area (Å²) in [5.74, 6) is -0.768. The van der Waals surface area contributed by atoms with Crippen molar-refractivity contribution in [3.05, 3.63) is 71.5 Å². The number of rotatable bonds is 5. The summed E-state index contributed by atoms with van der Waals surface area (Å²) >= 11 is 0. The van der Waals surface area contributed by atoms with E-state index in [1.807, 2.05) is 12.1 Å². The van der Waals surface area contributed by atoms with Gasteiger partial charge in [0, 0.05) is 41.2 Å². The quantitative estimate of drug-likeness (QED) is 0.656. The minimum absolute atomic E-state index is 0.0451. The second-order valence-electron chi connectivity index (χ2n) is 9.09. The first kappa shape index (κ1) is 20.6. The number of nitrogens with one attached hydrogen (secondary N) is 1. The number of alkyl halides is 1. The van der Waals surface area contributed by atoms with Gasteiger partial charge in [0.2, 0.25) is 0 Å². The Balaban J connectivity index is 1.72. The lowest BCUT2D eigenvalue weighted by atomic mass is 9.81. The first-order valence-corrected chi connectivity index (χ1v) is 10.6. The van der Waals surface area contributed by atoms with E-state index in [0.29, 0.717) is 6.54 Å². The highest BCUT2D eigenvalue weighted by Gasteiger charge is 2.40. The molecule has 158 valence electrons. The first-order chi connectivity index (χ1) is 14.2. The van der Waals surface area contributed by atoms with Crippen molar-refractivity contribution >= 4 is 16.9 Å². The Morgan fingerprint density at radius 3 is 2.80 bits per heavy atom. The molecule has 1 aliphatic carbocycles. The monoisotopic (exact) mass is 408 g/mol. The number of H-pyrrole nitrogens is 1. The molecule has 5 heteroatoms. The van der Waals surface area contributed by atoms with Crippen molar-refractivity contribution < 1.29 is 14.3 Å². The predicted octanol–water partition coefficient (Wildman–Crippen LogP) is 5.35. The van der Waals surface area contributed by atoms with E-state index in [9.17, 15) is 9.18 Å². The zero-order chi connectivity index (χ0) is 21.5. The number of carboxylic acid groups (broad SMARTS) is 1. The maximum atomic E-state index is 14.8. The van der Waals surface area contributed by atoms with Crippen molar-refractivity contribution in [3.63, 3.8) is 0 Å². The topological polar surface area (TPSA) is 56.3 Å². The fourth-order valence-electron chi connectivity index (χ4n) is 4.87. The van der Waals surface area contributed by atoms with E-state index < -0.39 is 11.6 Å². The highest BCUT2D eigenvalue weighted by atomic mass is 19.1. The number of aromatic nitrogens is 1. The smallest absolute Gasteiger partial charge is 0.328 e. The van der Waals surface area contributed by atoms with Crippen molar-refractivity contribution in [2.75, 3.05) is 6.54 Å². The molecule has 0 bridgehead atoms. The van der Waals surface area contributed by atoms with Crippen LogP contribution < -0.4 is 0 Å². The van der Waals surface area contributed by atoms with Crippen LogP contribution in [0.15, 0.2) is 60.2 Å². The van der Waals surface area contributed by atoms with Gasteiger partial charge in [0.1, 0.15) is 5.67 Å². The number of allylic oxidation sites excluding steroid dienone is 4. The van der Waals surface area contributed by atoms with Crippen LogP contribution in [0.3, 0.4) is 0 Å². The molecule has 0 saturated carbocycles. The number of hydrogen-bond acceptors (Lipinski definition) is 2. The molecule has 4 rings (SSSR count). The number of carboxylic acids is 1. The first-order valence-electron chi connectivity index (χ1n) is 10.6. The van der Waals surface area contributed by atoms with Crippen molar-refractivity contribution in [3.8, 4) is 0 Å². The largest absolute Gasteiger partial charge is 0.478 e. The summed E-state index contributed by atoms with van der Waals surface area (Å²) in [6, 6.07) is 8.64. The molecular formula is C25H29FN2O2. The lowest BCUT2D eigenvalue weighted by Crippen LogP contribution is -2.49. The van der Waals surface area contributed by atoms with Gasteiger partial charge in [-0.1, -0.05) is 36.4 Å². The lowest BCUT2D eigenvalue weighted by Gasteiger charge is -2.45. The van der Waals surface area contributed by atoms with E-state index in [4.69, 9.17) is 5.11 Å². The molecular weight excluding hydrogens is 379 g/mol. The number of halogens is 1. The minimum Gasteiger partial charge on any atom is -0.478 e. The van der Waals surface area contributed by atoms with E-state index >= 15 is 0 Å². The average Bonchev–Trinajstić information content (AvgIpc) is 3.04. The molecule has 0 radical (unpaired) electrons. The van der Waals surface area contributed by atoms with Crippen molar-refractivity contribution in [1.82, 2.24) is 9.88 Å². The van der Waals surface area contributed by atoms with Gasteiger partial charge < -0.3 is 10.1 Å². The molecule has 1 aromatic carbocycles. The maximum absolute atomic E-state index is 14.8. The van der Waals surface area contributed by atoms with Crippen LogP contribution in [-0.4, -0.2) is 39.2 Å². The van der Waals surface area contributed by atoms with Gasteiger partial charge in [-0.3, -0.25) is 4.90 Å². The van der Waals surface area contributed by atoms with Crippen LogP contribution in [0.5, 0.6) is 0 Å². The molecule has 0 saturated heterocycles. The van der Waals surface area contributed by atoms with Gasteiger partial charge >= 0.3 is 5.97 Å². The summed E-state index contributed by atoms with van der Waals surface area (Å²) < 4.78 is 14.8. The van der Waals surface area contributed by atoms with Gasteiger partial charge in [-0.05, 0) is 56.9 Å². The van der Waals surface area contributed by atoms with Crippen LogP contribution in [0.25, 0.3) is 10.9 Å². The number of hydrogen-bond donors (Lipinski definition) is 2. The standard InChI is InChI=1S/C25H29FN2O2/c1-16-14-20-19-6-4-5-7-21(19)27-23(20)24(28(16)15-25(2,3)26)18-11-8-17(9-12-18)10-13-22(29)30/h4-11,13,16,18,24,27H,12,14-15H2,1-3H3,(H,29,30)/b13-10+/t16-,18?,24-/m1/s1. The van der Waals surface area contributed by atoms with Gasteiger partial charge in [0.25, 0.3) is 0 Å². The van der Waals surface area contributed by atoms with Crippen molar-refractivity contribution in [1.29, 1.82) is 0 Å². The molecule has 2 aromatic rings. The van der Waals surface area contributed by atoms with Gasteiger partial charge in [0.15, 0.2) is 0 Å². The SMILES string of the molecule is C[C@@H]1Cc2c([nH]c3ccccc23)[C@@H](C2C=CC(/C=C/C(=O)O)=CC2)N1CC(C)(C)F. The van der Waals surface area contributed by atoms with E-state index in [1.165, 1.54) is 16.6 Å². The summed E-state index contributed by atoms with van der Waals surface area (Å²) in [6.07, 6.45) is 10.7. The Morgan fingerprint density at radius 1 is 1.37 bits per heavy atom. The second-order valence-corrected chi connectivity index (χ2v) is 9.09. The number of fused-ring (bicyclic) bond motifs is 3. The second kappa shape index (κ2) is 7.88. The van der Waals surface area contributed by atoms with Crippen LogP contribution in [0.2, 0.25) is 0 Å². The molecule has 1 unspecified atom stereocenters. The van der Waals surface area contributed by atoms with Crippen LogP contribution in [-0.2, 0) is 11.2 Å². The molecule has 0 amide bonds. The minimum atomic E-state index is -1.29. The Hall–Kier alpha value is -2.66. The third-order valence-corrected chi connectivity index (χ3v) is 6.11. The van der Waals surface area contributed by atoms with Crippen LogP contribution in [0, 0.1) is 5.92 Å². The molecule has 30 heavy (non-hydrogen) atoms. The summed E-state index contributed by atoms with van der Waals surface area (Å²) in [5.41, 5.74) is 3.25. The predicted molar refractivity (Wildman–Crippen MR) is 118 cm³/mol. The summed E-state index contributed by atoms with van der Waals surface area (Å²) in [5, 5.41) is 10.1. The maximum Gasteiger partial charge on any atom is 0.328 e. The molecule has 1 aromatic heterocycles. The molecule has 3 atom stereocenters. The fraction of sp³-hybridized carbons (Fsp3) is 0.400. The van der Waals surface area contributed by atoms with Crippen LogP contribution in [0.1, 0.15) is 44.5 Å². The van der Waals surface area contributed by atoms with Gasteiger partial charge in [0.05, 0.1) is 6.04 Å². The lowest BCUT2D eigenvalue weighted by molar-refractivity contribution is -0.131. The Labute approximate surface area is 176 Å². The molecule has 0 spiro atoms. The van der Waals surface area contributed by atoms with E-state index in [-0.39, 0.29) is 18.0 Å². The molecule has 1 aliphatic heterocycles. The van der Waals surface area contributed by atoms with Crippen molar-refractivity contribution in [2.45, 2.75) is 51.4 Å². The molecule has 4 nitrogen and oxygen atoms in total. The van der Waals surface area contributed by atoms with Crippen LogP contribution >= 0.6 is 0 Å². The van der Waals surface area contributed by atoms with Crippen molar-refractivity contribution in [2.24, 2.45) is 5.92 Å². The number of benzene rings is 1. The molecule has 2 aliphatic rings. The number of para-hydroxylation sites is 1. The third-order valence-electron chi connectivity index (χ3n) is 6.11. The van der Waals surface area contributed by atoms with Gasteiger partial charge in [-0.25, -0.2) is 9.18 Å². The van der Waals surface area contributed by atoms with E-state index in [1.54, 1.807) is 19.9 Å². The Bertz CT molecular complexity index is 1040. The third kappa shape index (κ3) is 4.12. The van der Waals surface area contributed by atoms with E-state index in [0.717, 1.165) is 30.0 Å². The Kier molecular flexibility index (Phi) is 5.41. The zero-order valence-electron chi connectivity index (χ0n) is 17.7. The summed E-state index contributed by atoms with van der Waals surface area (Å²) in [6.45, 7) is 5.84. The average molecular weight is 409 g/mol. The zero-order valence-corrected chi connectivity index (χ0v) is 17.7. The van der Waals surface area contributed by atoms with Gasteiger partial charge in [-0.15, -0.1) is 0 Å². The number of carbonyl (C=O) groups is 1. The Morgan fingerprint density at radius 2 is 2.13 bits per heavy atom. The number of aliphatic carboxylic acids is 1. The van der Waals surface area contributed by atoms with Gasteiger partial charge in [-0.2, -0.15) is 0 Å². The fourth-order valence-corrected chi connectivity index (χ4v) is 4.87. The molecule has 2 N–H and O–H groups in total. The number of aromatic amines is 1. The molecule has 2 heterocycles. The highest BCUT2D eigenvalue weighted by molar-refractivity contribution is 5.85. The summed E-state index contributed by atoms with van der Waals surface area (Å²) in [7, 11) is 0. The molecule has 0 fully saturated rings. The number of nitrogens with zero attached hydrogens (tertiary/aromatic N) is 1. The van der Waals surface area contributed by atoms with Crippen LogP contribution in [0.4, 0.5) is 4.39 Å². The van der Waals surface area contributed by atoms with E-state index in [2.05, 4.69) is 47.2 Å². The highest BCUT2D eigenvalue weighted by Crippen LogP contribution is 2.44. The summed E-state index contributed by atoms with van der Waals surface area (Å²) in [4.78, 5) is 16.7. The normalized spacial score (nSPS) is 24.9.